The average molecular weight is 262 g/mol. The van der Waals surface area contributed by atoms with Gasteiger partial charge in [0.25, 0.3) is 0 Å². The van der Waals surface area contributed by atoms with Crippen LogP contribution in [0.25, 0.3) is 0 Å². The molecular formula is C15H22N2O2. The SMILES string of the molecule is CCCCOCCNC(=O)C1CNc2ccccc21. The molecule has 0 fully saturated rings. The number of nitrogens with one attached hydrogen (secondary N) is 2. The molecule has 0 saturated heterocycles. The summed E-state index contributed by atoms with van der Waals surface area (Å²) in [6.07, 6.45) is 2.21. The highest BCUT2D eigenvalue weighted by atomic mass is 16.5. The van der Waals surface area contributed by atoms with Crippen molar-refractivity contribution >= 4 is 11.6 Å². The molecule has 1 atom stereocenters. The Morgan fingerprint density at radius 1 is 1.42 bits per heavy atom. The third-order valence-electron chi connectivity index (χ3n) is 3.34. The molecule has 0 spiro atoms. The number of carbonyl (C=O) groups is 1. The molecule has 1 aromatic carbocycles. The lowest BCUT2D eigenvalue weighted by atomic mass is 10.0. The van der Waals surface area contributed by atoms with E-state index in [9.17, 15) is 4.79 Å². The van der Waals surface area contributed by atoms with Crippen molar-refractivity contribution in [2.45, 2.75) is 25.7 Å². The van der Waals surface area contributed by atoms with Crippen LogP contribution in [0, 0.1) is 0 Å². The summed E-state index contributed by atoms with van der Waals surface area (Å²) in [5.74, 6) is 0.00313. The standard InChI is InChI=1S/C15H22N2O2/c1-2-3-9-19-10-8-16-15(18)13-11-17-14-7-5-4-6-12(13)14/h4-7,13,17H,2-3,8-11H2,1H3,(H,16,18). The van der Waals surface area contributed by atoms with Crippen LogP contribution in [0.3, 0.4) is 0 Å². The minimum Gasteiger partial charge on any atom is -0.384 e. The molecule has 1 aliphatic heterocycles. The number of amides is 1. The lowest BCUT2D eigenvalue weighted by Gasteiger charge is -2.11. The Morgan fingerprint density at radius 3 is 3.11 bits per heavy atom. The summed E-state index contributed by atoms with van der Waals surface area (Å²) in [4.78, 5) is 12.1. The van der Waals surface area contributed by atoms with Gasteiger partial charge in [0.1, 0.15) is 0 Å². The number of anilines is 1. The zero-order chi connectivity index (χ0) is 13.5. The van der Waals surface area contributed by atoms with E-state index in [1.165, 1.54) is 0 Å². The normalized spacial score (nSPS) is 16.8. The summed E-state index contributed by atoms with van der Waals surface area (Å²) in [6.45, 7) is 4.77. The Bertz CT molecular complexity index is 420. The van der Waals surface area contributed by atoms with Gasteiger partial charge in [-0.3, -0.25) is 4.79 Å². The zero-order valence-electron chi connectivity index (χ0n) is 11.4. The fourth-order valence-electron chi connectivity index (χ4n) is 2.24. The van der Waals surface area contributed by atoms with Crippen LogP contribution in [0.1, 0.15) is 31.2 Å². The number of benzene rings is 1. The van der Waals surface area contributed by atoms with E-state index >= 15 is 0 Å². The van der Waals surface area contributed by atoms with Crippen molar-refractivity contribution in [2.75, 3.05) is 31.6 Å². The summed E-state index contributed by atoms with van der Waals surface area (Å²) in [6, 6.07) is 7.97. The first-order valence-electron chi connectivity index (χ1n) is 7.01. The fraction of sp³-hybridized carbons (Fsp3) is 0.533. The minimum absolute atomic E-state index is 0.0770. The molecule has 0 bridgehead atoms. The third-order valence-corrected chi connectivity index (χ3v) is 3.34. The first kappa shape index (κ1) is 13.9. The molecule has 1 aliphatic rings. The highest BCUT2D eigenvalue weighted by Crippen LogP contribution is 2.30. The van der Waals surface area contributed by atoms with Gasteiger partial charge in [-0.25, -0.2) is 0 Å². The molecule has 1 aromatic rings. The summed E-state index contributed by atoms with van der Waals surface area (Å²) >= 11 is 0. The summed E-state index contributed by atoms with van der Waals surface area (Å²) in [5, 5.41) is 6.20. The van der Waals surface area contributed by atoms with Gasteiger partial charge in [0.2, 0.25) is 5.91 Å². The van der Waals surface area contributed by atoms with Crippen molar-refractivity contribution in [3.8, 4) is 0 Å². The van der Waals surface area contributed by atoms with Gasteiger partial charge in [-0.2, -0.15) is 0 Å². The molecule has 2 N–H and O–H groups in total. The molecule has 4 nitrogen and oxygen atoms in total. The molecule has 1 amide bonds. The molecule has 19 heavy (non-hydrogen) atoms. The van der Waals surface area contributed by atoms with Crippen molar-refractivity contribution in [1.29, 1.82) is 0 Å². The van der Waals surface area contributed by atoms with Crippen molar-refractivity contribution in [1.82, 2.24) is 5.32 Å². The van der Waals surface area contributed by atoms with E-state index in [-0.39, 0.29) is 11.8 Å². The van der Waals surface area contributed by atoms with Gasteiger partial charge in [0, 0.05) is 25.4 Å². The van der Waals surface area contributed by atoms with E-state index in [1.54, 1.807) is 0 Å². The van der Waals surface area contributed by atoms with Crippen LogP contribution in [-0.4, -0.2) is 32.2 Å². The molecule has 0 aromatic heterocycles. The van der Waals surface area contributed by atoms with Gasteiger partial charge in [0.15, 0.2) is 0 Å². The van der Waals surface area contributed by atoms with Gasteiger partial charge in [0.05, 0.1) is 12.5 Å². The number of para-hydroxylation sites is 1. The Labute approximate surface area is 114 Å². The summed E-state index contributed by atoms with van der Waals surface area (Å²) < 4.78 is 5.43. The van der Waals surface area contributed by atoms with E-state index < -0.39 is 0 Å². The van der Waals surface area contributed by atoms with Crippen molar-refractivity contribution < 1.29 is 9.53 Å². The molecule has 0 radical (unpaired) electrons. The summed E-state index contributed by atoms with van der Waals surface area (Å²) in [5.41, 5.74) is 2.16. The van der Waals surface area contributed by atoms with E-state index in [0.717, 1.165) is 30.7 Å². The maximum absolute atomic E-state index is 12.1. The quantitative estimate of drug-likeness (QED) is 0.740. The maximum Gasteiger partial charge on any atom is 0.229 e. The van der Waals surface area contributed by atoms with Gasteiger partial charge >= 0.3 is 0 Å². The van der Waals surface area contributed by atoms with Crippen LogP contribution in [-0.2, 0) is 9.53 Å². The van der Waals surface area contributed by atoms with Crippen LogP contribution >= 0.6 is 0 Å². The molecular weight excluding hydrogens is 240 g/mol. The van der Waals surface area contributed by atoms with E-state index in [2.05, 4.69) is 17.6 Å². The number of hydrogen-bond acceptors (Lipinski definition) is 3. The van der Waals surface area contributed by atoms with Crippen LogP contribution in [0.4, 0.5) is 5.69 Å². The second kappa shape index (κ2) is 7.14. The average Bonchev–Trinajstić information content (AvgIpc) is 2.86. The van der Waals surface area contributed by atoms with Crippen LogP contribution < -0.4 is 10.6 Å². The summed E-state index contributed by atoms with van der Waals surface area (Å²) in [7, 11) is 0. The molecule has 0 aliphatic carbocycles. The van der Waals surface area contributed by atoms with Crippen LogP contribution in [0.5, 0.6) is 0 Å². The second-order valence-electron chi connectivity index (χ2n) is 4.78. The predicted molar refractivity (Wildman–Crippen MR) is 76.4 cm³/mol. The highest BCUT2D eigenvalue weighted by Gasteiger charge is 2.27. The lowest BCUT2D eigenvalue weighted by Crippen LogP contribution is -2.32. The Hall–Kier alpha value is -1.55. The molecule has 104 valence electrons. The molecule has 1 heterocycles. The minimum atomic E-state index is -0.0770. The Morgan fingerprint density at radius 2 is 2.26 bits per heavy atom. The third kappa shape index (κ3) is 3.70. The monoisotopic (exact) mass is 262 g/mol. The van der Waals surface area contributed by atoms with Crippen molar-refractivity contribution in [2.24, 2.45) is 0 Å². The zero-order valence-corrected chi connectivity index (χ0v) is 11.4. The lowest BCUT2D eigenvalue weighted by molar-refractivity contribution is -0.122. The van der Waals surface area contributed by atoms with Crippen LogP contribution in [0.2, 0.25) is 0 Å². The predicted octanol–water partition coefficient (Wildman–Crippen LogP) is 2.13. The van der Waals surface area contributed by atoms with Crippen LogP contribution in [0.15, 0.2) is 24.3 Å². The number of fused-ring (bicyclic) bond motifs is 1. The smallest absolute Gasteiger partial charge is 0.229 e. The van der Waals surface area contributed by atoms with Crippen molar-refractivity contribution in [3.63, 3.8) is 0 Å². The van der Waals surface area contributed by atoms with Crippen molar-refractivity contribution in [3.05, 3.63) is 29.8 Å². The molecule has 2 rings (SSSR count). The largest absolute Gasteiger partial charge is 0.384 e. The molecule has 4 heteroatoms. The van der Waals surface area contributed by atoms with Gasteiger partial charge < -0.3 is 15.4 Å². The Kier molecular flexibility index (Phi) is 5.21. The number of ether oxygens (including phenoxy) is 1. The second-order valence-corrected chi connectivity index (χ2v) is 4.78. The van der Waals surface area contributed by atoms with E-state index in [0.29, 0.717) is 19.7 Å². The number of unbranched alkanes of at least 4 members (excludes halogenated alkanes) is 1. The van der Waals surface area contributed by atoms with Gasteiger partial charge in [-0.05, 0) is 18.1 Å². The van der Waals surface area contributed by atoms with E-state index in [4.69, 9.17) is 4.74 Å². The van der Waals surface area contributed by atoms with E-state index in [1.807, 2.05) is 24.3 Å². The maximum atomic E-state index is 12.1. The fourth-order valence-corrected chi connectivity index (χ4v) is 2.24. The first-order valence-corrected chi connectivity index (χ1v) is 7.01. The topological polar surface area (TPSA) is 50.4 Å². The molecule has 1 unspecified atom stereocenters. The molecule has 0 saturated carbocycles. The van der Waals surface area contributed by atoms with Gasteiger partial charge in [-0.1, -0.05) is 31.5 Å². The Balaban J connectivity index is 1.73. The number of rotatable bonds is 7. The number of carbonyl (C=O) groups excluding carboxylic acids is 1. The number of hydrogen-bond donors (Lipinski definition) is 2. The first-order chi connectivity index (χ1) is 9.33. The highest BCUT2D eigenvalue weighted by molar-refractivity contribution is 5.88. The van der Waals surface area contributed by atoms with Gasteiger partial charge in [-0.15, -0.1) is 0 Å².